The van der Waals surface area contributed by atoms with Gasteiger partial charge in [0.25, 0.3) is 0 Å². The smallest absolute Gasteiger partial charge is 0.236 e. The highest BCUT2D eigenvalue weighted by Crippen LogP contribution is 1.83. The van der Waals surface area contributed by atoms with Crippen molar-refractivity contribution in [1.29, 1.82) is 0 Å². The van der Waals surface area contributed by atoms with E-state index in [0.717, 1.165) is 0 Å². The molecule has 0 saturated heterocycles. The van der Waals surface area contributed by atoms with Crippen molar-refractivity contribution in [2.24, 2.45) is 0 Å². The lowest BCUT2D eigenvalue weighted by Crippen LogP contribution is -2.37. The number of amides is 1. The van der Waals surface area contributed by atoms with Crippen LogP contribution < -0.4 is 5.32 Å². The topological polar surface area (TPSA) is 41.6 Å². The summed E-state index contributed by atoms with van der Waals surface area (Å²) >= 11 is 0. The van der Waals surface area contributed by atoms with Crippen LogP contribution in [0.1, 0.15) is 0 Å². The van der Waals surface area contributed by atoms with Crippen molar-refractivity contribution >= 4 is 5.91 Å². The fraction of sp³-hybridized carbons (Fsp3) is 0.667. The van der Waals surface area contributed by atoms with Crippen LogP contribution in [0.2, 0.25) is 0 Å². The van der Waals surface area contributed by atoms with Crippen LogP contribution in [0.5, 0.6) is 0 Å². The first-order chi connectivity index (χ1) is 6.22. The molecule has 0 unspecified atom stereocenters. The van der Waals surface area contributed by atoms with Gasteiger partial charge in [-0.2, -0.15) is 0 Å². The largest absolute Gasteiger partial charge is 0.383 e. The number of rotatable bonds is 6. The molecular weight excluding hydrogens is 168 g/mol. The molecule has 13 heavy (non-hydrogen) atoms. The maximum absolute atomic E-state index is 11.3. The van der Waals surface area contributed by atoms with Crippen LogP contribution in [-0.4, -0.2) is 51.2 Å². The average Bonchev–Trinajstić information content (AvgIpc) is 2.14. The number of hydrogen-bond acceptors (Lipinski definition) is 3. The molecule has 4 nitrogen and oxygen atoms in total. The number of carbonyl (C=O) groups excluding carboxylic acids is 1. The zero-order valence-corrected chi connectivity index (χ0v) is 8.17. The Morgan fingerprint density at radius 3 is 2.92 bits per heavy atom. The van der Waals surface area contributed by atoms with Crippen molar-refractivity contribution in [2.75, 3.05) is 40.4 Å². The highest BCUT2D eigenvalue weighted by Gasteiger charge is 2.06. The van der Waals surface area contributed by atoms with E-state index < -0.39 is 0 Å². The highest BCUT2D eigenvalue weighted by atomic mass is 16.5. The first-order valence-electron chi connectivity index (χ1n) is 4.09. The molecule has 1 N–H and O–H groups in total. The second-order valence-corrected chi connectivity index (χ2v) is 2.62. The molecule has 0 spiro atoms. The Labute approximate surface area is 79.2 Å². The van der Waals surface area contributed by atoms with Gasteiger partial charge in [0.2, 0.25) is 5.91 Å². The number of carbonyl (C=O) groups is 1. The van der Waals surface area contributed by atoms with Gasteiger partial charge in [-0.25, -0.2) is 0 Å². The molecule has 0 aliphatic heterocycles. The minimum Gasteiger partial charge on any atom is -0.383 e. The van der Waals surface area contributed by atoms with Crippen molar-refractivity contribution in [3.8, 4) is 12.3 Å². The standard InChI is InChI=1S/C9H16N2O2/c1-4-5-10-8-9(12)11(2)6-7-13-3/h1,10H,5-8H2,2-3H3. The van der Waals surface area contributed by atoms with E-state index in [-0.39, 0.29) is 12.5 Å². The van der Waals surface area contributed by atoms with Crippen LogP contribution in [0.4, 0.5) is 0 Å². The third-order valence-electron chi connectivity index (χ3n) is 1.56. The van der Waals surface area contributed by atoms with Crippen LogP contribution in [0.15, 0.2) is 0 Å². The van der Waals surface area contributed by atoms with Crippen molar-refractivity contribution in [3.05, 3.63) is 0 Å². The number of likely N-dealkylation sites (N-methyl/N-ethyl adjacent to an activating group) is 1. The van der Waals surface area contributed by atoms with E-state index in [4.69, 9.17) is 11.2 Å². The normalized spacial score (nSPS) is 9.31. The van der Waals surface area contributed by atoms with Gasteiger partial charge in [0.1, 0.15) is 0 Å². The molecule has 0 fully saturated rings. The van der Waals surface area contributed by atoms with Gasteiger partial charge in [0.15, 0.2) is 0 Å². The highest BCUT2D eigenvalue weighted by molar-refractivity contribution is 5.77. The van der Waals surface area contributed by atoms with E-state index in [0.29, 0.717) is 19.7 Å². The van der Waals surface area contributed by atoms with Crippen molar-refractivity contribution in [1.82, 2.24) is 10.2 Å². The van der Waals surface area contributed by atoms with Gasteiger partial charge >= 0.3 is 0 Å². The van der Waals surface area contributed by atoms with Gasteiger partial charge in [0.05, 0.1) is 19.7 Å². The summed E-state index contributed by atoms with van der Waals surface area (Å²) in [4.78, 5) is 12.9. The minimum absolute atomic E-state index is 0.0206. The summed E-state index contributed by atoms with van der Waals surface area (Å²) in [5.74, 6) is 2.42. The zero-order chi connectivity index (χ0) is 10.1. The molecule has 0 atom stereocenters. The number of nitrogens with one attached hydrogen (secondary N) is 1. The Hall–Kier alpha value is -1.05. The van der Waals surface area contributed by atoms with E-state index in [1.54, 1.807) is 19.1 Å². The van der Waals surface area contributed by atoms with E-state index >= 15 is 0 Å². The predicted octanol–water partition coefficient (Wildman–Crippen LogP) is -0.686. The van der Waals surface area contributed by atoms with Gasteiger partial charge in [0, 0.05) is 20.7 Å². The van der Waals surface area contributed by atoms with Gasteiger partial charge in [-0.05, 0) is 0 Å². The molecular formula is C9H16N2O2. The summed E-state index contributed by atoms with van der Waals surface area (Å²) in [7, 11) is 3.34. The van der Waals surface area contributed by atoms with Crippen LogP contribution in [0, 0.1) is 12.3 Å². The molecule has 74 valence electrons. The molecule has 0 aromatic carbocycles. The van der Waals surface area contributed by atoms with E-state index in [9.17, 15) is 4.79 Å². The number of methoxy groups -OCH3 is 1. The lowest BCUT2D eigenvalue weighted by molar-refractivity contribution is -0.129. The van der Waals surface area contributed by atoms with Crippen LogP contribution in [-0.2, 0) is 9.53 Å². The molecule has 0 aromatic heterocycles. The second kappa shape index (κ2) is 7.59. The summed E-state index contributed by atoms with van der Waals surface area (Å²) < 4.78 is 4.84. The van der Waals surface area contributed by atoms with Crippen LogP contribution in [0.25, 0.3) is 0 Å². The summed E-state index contributed by atoms with van der Waals surface area (Å²) in [5, 5.41) is 2.82. The second-order valence-electron chi connectivity index (χ2n) is 2.62. The number of hydrogen-bond donors (Lipinski definition) is 1. The van der Waals surface area contributed by atoms with Gasteiger partial charge in [-0.1, -0.05) is 5.92 Å². The van der Waals surface area contributed by atoms with E-state index in [1.807, 2.05) is 0 Å². The molecule has 0 saturated carbocycles. The Morgan fingerprint density at radius 1 is 1.69 bits per heavy atom. The number of nitrogens with zero attached hydrogens (tertiary/aromatic N) is 1. The molecule has 0 aromatic rings. The summed E-state index contributed by atoms with van der Waals surface area (Å²) in [6.45, 7) is 1.86. The molecule has 0 rings (SSSR count). The van der Waals surface area contributed by atoms with Crippen LogP contribution in [0.3, 0.4) is 0 Å². The van der Waals surface area contributed by atoms with E-state index in [1.165, 1.54) is 0 Å². The van der Waals surface area contributed by atoms with Crippen molar-refractivity contribution < 1.29 is 9.53 Å². The molecule has 0 aliphatic carbocycles. The van der Waals surface area contributed by atoms with Gasteiger partial charge in [-0.3, -0.25) is 10.1 Å². The maximum Gasteiger partial charge on any atom is 0.236 e. The Bertz CT molecular complexity index is 187. The van der Waals surface area contributed by atoms with E-state index in [2.05, 4.69) is 11.2 Å². The lowest BCUT2D eigenvalue weighted by Gasteiger charge is -2.16. The SMILES string of the molecule is C#CCNCC(=O)N(C)CCOC. The maximum atomic E-state index is 11.3. The number of ether oxygens (including phenoxy) is 1. The molecule has 0 radical (unpaired) electrons. The molecule has 1 amide bonds. The molecule has 0 aliphatic rings. The van der Waals surface area contributed by atoms with Crippen molar-refractivity contribution in [3.63, 3.8) is 0 Å². The summed E-state index contributed by atoms with van der Waals surface area (Å²) in [6, 6.07) is 0. The van der Waals surface area contributed by atoms with Gasteiger partial charge < -0.3 is 9.64 Å². The summed E-state index contributed by atoms with van der Waals surface area (Å²) in [5.41, 5.74) is 0. The average molecular weight is 184 g/mol. The first-order valence-corrected chi connectivity index (χ1v) is 4.09. The predicted molar refractivity (Wildman–Crippen MR) is 51.2 cm³/mol. The van der Waals surface area contributed by atoms with Gasteiger partial charge in [-0.15, -0.1) is 6.42 Å². The van der Waals surface area contributed by atoms with Crippen molar-refractivity contribution in [2.45, 2.75) is 0 Å². The number of terminal acetylenes is 1. The Balaban J connectivity index is 3.52. The monoisotopic (exact) mass is 184 g/mol. The quantitative estimate of drug-likeness (QED) is 0.439. The Morgan fingerprint density at radius 2 is 2.38 bits per heavy atom. The fourth-order valence-electron chi connectivity index (χ4n) is 0.729. The molecule has 4 heteroatoms. The summed E-state index contributed by atoms with van der Waals surface area (Å²) in [6.07, 6.45) is 5.01. The first kappa shape index (κ1) is 11.9. The molecule has 0 bridgehead atoms. The lowest BCUT2D eigenvalue weighted by atomic mass is 10.5. The fourth-order valence-corrected chi connectivity index (χ4v) is 0.729. The third kappa shape index (κ3) is 6.14. The van der Waals surface area contributed by atoms with Crippen LogP contribution >= 0.6 is 0 Å². The zero-order valence-electron chi connectivity index (χ0n) is 8.17. The molecule has 0 heterocycles. The Kier molecular flexibility index (Phi) is 6.98. The third-order valence-corrected chi connectivity index (χ3v) is 1.56. The minimum atomic E-state index is 0.0206.